The van der Waals surface area contributed by atoms with E-state index in [-0.39, 0.29) is 0 Å². The van der Waals surface area contributed by atoms with Gasteiger partial charge >= 0.3 is 0 Å². The lowest BCUT2D eigenvalue weighted by molar-refractivity contribution is 0.563. The summed E-state index contributed by atoms with van der Waals surface area (Å²) in [6.45, 7) is 9.21. The molecule has 4 aromatic carbocycles. The maximum absolute atomic E-state index is 5.58. The second-order valence-corrected chi connectivity index (χ2v) is 31.2. The summed E-state index contributed by atoms with van der Waals surface area (Å²) in [4.78, 5) is 45.5. The van der Waals surface area contributed by atoms with Crippen LogP contribution < -0.4 is 0 Å². The smallest absolute Gasteiger partial charge is 0.164 e. The zero-order chi connectivity index (χ0) is 63.6. The van der Waals surface area contributed by atoms with Crippen LogP contribution in [0.4, 0.5) is 0 Å². The molecule has 0 saturated carbocycles. The van der Waals surface area contributed by atoms with Crippen molar-refractivity contribution in [1.82, 2.24) is 39.9 Å². The fourth-order valence-corrected chi connectivity index (χ4v) is 17.0. The highest BCUT2D eigenvalue weighted by Crippen LogP contribution is 2.41. The lowest BCUT2D eigenvalue weighted by atomic mass is 10.1. The third kappa shape index (κ3) is 22.9. The maximum atomic E-state index is 5.58. The van der Waals surface area contributed by atoms with Gasteiger partial charge in [-0.05, 0) is 121 Å². The second kappa shape index (κ2) is 41.6. The summed E-state index contributed by atoms with van der Waals surface area (Å²) < 4.78 is 0. The zero-order valence-electron chi connectivity index (χ0n) is 57.4. The Morgan fingerprint density at radius 3 is 0.739 bits per heavy atom. The van der Waals surface area contributed by atoms with Gasteiger partial charge in [-0.15, -0.1) is 47.0 Å². The van der Waals surface area contributed by atoms with E-state index < -0.39 is 0 Å². The van der Waals surface area contributed by atoms with Gasteiger partial charge in [0.1, 0.15) is 22.6 Å². The molecular formula is C80H114N8S4. The van der Waals surface area contributed by atoms with Crippen LogP contribution in [0.5, 0.6) is 0 Å². The van der Waals surface area contributed by atoms with Crippen molar-refractivity contribution in [1.29, 1.82) is 0 Å². The molecule has 7 aromatic rings. The van der Waals surface area contributed by atoms with Crippen LogP contribution in [0.2, 0.25) is 0 Å². The van der Waals surface area contributed by atoms with Crippen molar-refractivity contribution >= 4 is 91.2 Å². The van der Waals surface area contributed by atoms with Crippen LogP contribution in [0.1, 0.15) is 285 Å². The number of thioether (sulfide) groups is 4. The van der Waals surface area contributed by atoms with Crippen LogP contribution in [0.15, 0.2) is 92.4 Å². The molecule has 0 saturated heterocycles. The number of aromatic amines is 2. The zero-order valence-corrected chi connectivity index (χ0v) is 60.6. The van der Waals surface area contributed by atoms with E-state index in [0.717, 1.165) is 89.4 Å². The van der Waals surface area contributed by atoms with Gasteiger partial charge in [0.15, 0.2) is 23.3 Å². The molecule has 0 spiro atoms. The third-order valence-corrected chi connectivity index (χ3v) is 23.1. The Hall–Kier alpha value is -4.36. The number of benzene rings is 4. The molecule has 12 heteroatoms. The minimum absolute atomic E-state index is 0.652. The first-order chi connectivity index (χ1) is 45.5. The summed E-state index contributed by atoms with van der Waals surface area (Å²) in [6.07, 6.45) is 53.7. The van der Waals surface area contributed by atoms with Crippen molar-refractivity contribution in [2.75, 3.05) is 23.0 Å². The molecule has 498 valence electrons. The highest BCUT2D eigenvalue weighted by molar-refractivity contribution is 8.00. The highest BCUT2D eigenvalue weighted by Gasteiger charge is 2.24. The number of H-pyrrole nitrogens is 2. The number of hydrogen-bond acceptors (Lipinski definition) is 10. The fraction of sp³-hybridized carbons (Fsp3) is 0.600. The van der Waals surface area contributed by atoms with Gasteiger partial charge in [0.25, 0.3) is 0 Å². The Bertz CT molecular complexity index is 3460. The Labute approximate surface area is 572 Å². The van der Waals surface area contributed by atoms with Crippen LogP contribution in [-0.4, -0.2) is 62.9 Å². The summed E-state index contributed by atoms with van der Waals surface area (Å²) >= 11 is 7.82. The Morgan fingerprint density at radius 2 is 0.457 bits per heavy atom. The van der Waals surface area contributed by atoms with E-state index in [4.69, 9.17) is 29.9 Å². The van der Waals surface area contributed by atoms with Crippen LogP contribution in [0.25, 0.3) is 89.7 Å². The predicted molar refractivity (Wildman–Crippen MR) is 406 cm³/mol. The Morgan fingerprint density at radius 1 is 0.228 bits per heavy atom. The van der Waals surface area contributed by atoms with E-state index in [2.05, 4.69) is 110 Å². The van der Waals surface area contributed by atoms with Crippen LogP contribution >= 0.6 is 47.0 Å². The quantitative estimate of drug-likeness (QED) is 0.0283. The van der Waals surface area contributed by atoms with Crippen molar-refractivity contribution in [3.05, 3.63) is 72.8 Å². The molecule has 8 bridgehead atoms. The van der Waals surface area contributed by atoms with E-state index in [1.807, 2.05) is 47.0 Å². The molecule has 0 amide bonds. The monoisotopic (exact) mass is 1310 g/mol. The first-order valence-electron chi connectivity index (χ1n) is 37.4. The van der Waals surface area contributed by atoms with Gasteiger partial charge < -0.3 is 9.97 Å². The SMILES string of the molecule is CCCCCCCCCCCCSc1ccc2c(c1)-c1nc-2nc2[nH]c(nc3nc(nc4[nH]c(n1)c1ccc(SCCCCCCCCCCCC)cc41)-c1cc(SCCCCCCCCCCCC)ccc1-3)c1cc(SCCCCCCCCCCCC)ccc21. The van der Waals surface area contributed by atoms with E-state index in [1.165, 1.54) is 276 Å². The van der Waals surface area contributed by atoms with Gasteiger partial charge in [0.2, 0.25) is 0 Å². The largest absolute Gasteiger partial charge is 0.324 e. The minimum Gasteiger partial charge on any atom is -0.324 e. The van der Waals surface area contributed by atoms with Gasteiger partial charge in [-0.25, -0.2) is 29.9 Å². The molecule has 92 heavy (non-hydrogen) atoms. The van der Waals surface area contributed by atoms with Gasteiger partial charge in [-0.3, -0.25) is 0 Å². The summed E-state index contributed by atoms with van der Waals surface area (Å²) in [7, 11) is 0. The number of unbranched alkanes of at least 4 members (excludes halogenated alkanes) is 36. The molecule has 2 N–H and O–H groups in total. The molecule has 0 radical (unpaired) electrons. The van der Waals surface area contributed by atoms with Gasteiger partial charge in [-0.1, -0.05) is 259 Å². The average molecular weight is 1320 g/mol. The first kappa shape index (κ1) is 71.9. The van der Waals surface area contributed by atoms with E-state index in [0.29, 0.717) is 23.3 Å². The van der Waals surface area contributed by atoms with Crippen molar-refractivity contribution in [2.24, 2.45) is 0 Å². The van der Waals surface area contributed by atoms with Gasteiger partial charge in [0, 0.05) is 63.4 Å². The summed E-state index contributed by atoms with van der Waals surface area (Å²) in [5.74, 6) is 7.02. The Balaban J connectivity index is 1.04. The van der Waals surface area contributed by atoms with Crippen molar-refractivity contribution in [3.8, 4) is 45.6 Å². The van der Waals surface area contributed by atoms with Crippen molar-refractivity contribution in [3.63, 3.8) is 0 Å². The third-order valence-electron chi connectivity index (χ3n) is 18.8. The van der Waals surface area contributed by atoms with Crippen molar-refractivity contribution < 1.29 is 0 Å². The number of rotatable bonds is 48. The average Bonchev–Trinajstić information content (AvgIpc) is 1.64. The normalized spacial score (nSPS) is 12.0. The first-order valence-corrected chi connectivity index (χ1v) is 41.4. The number of aromatic nitrogens is 8. The lowest BCUT2D eigenvalue weighted by Crippen LogP contribution is -1.86. The van der Waals surface area contributed by atoms with Gasteiger partial charge in [0.05, 0.1) is 0 Å². The molecule has 8 nitrogen and oxygen atoms in total. The summed E-state index contributed by atoms with van der Waals surface area (Å²) in [6, 6.07) is 27.3. The minimum atomic E-state index is 0.652. The molecule has 0 aliphatic carbocycles. The Kier molecular flexibility index (Phi) is 32.5. The molecule has 0 unspecified atom stereocenters. The molecule has 2 aliphatic rings. The highest BCUT2D eigenvalue weighted by atomic mass is 32.2. The van der Waals surface area contributed by atoms with Crippen molar-refractivity contribution in [2.45, 2.75) is 304 Å². The van der Waals surface area contributed by atoms with E-state index in [9.17, 15) is 0 Å². The number of hydrogen-bond donors (Lipinski definition) is 2. The molecule has 0 atom stereocenters. The van der Waals surface area contributed by atoms with Crippen LogP contribution in [-0.2, 0) is 0 Å². The number of nitrogens with zero attached hydrogens (tertiary/aromatic N) is 6. The second-order valence-electron chi connectivity index (χ2n) is 26.6. The summed E-state index contributed by atoms with van der Waals surface area (Å²) in [5, 5.41) is 4.11. The van der Waals surface area contributed by atoms with E-state index in [1.54, 1.807) is 0 Å². The number of fused-ring (bicyclic) bond motifs is 20. The fourth-order valence-electron chi connectivity index (χ4n) is 13.2. The molecule has 0 fully saturated rings. The van der Waals surface area contributed by atoms with Crippen LogP contribution in [0.3, 0.4) is 0 Å². The van der Waals surface area contributed by atoms with Crippen LogP contribution in [0, 0.1) is 0 Å². The number of nitrogens with one attached hydrogen (secondary N) is 2. The van der Waals surface area contributed by atoms with Gasteiger partial charge in [-0.2, -0.15) is 0 Å². The summed E-state index contributed by atoms with van der Waals surface area (Å²) in [5.41, 5.74) is 6.99. The molecule has 5 heterocycles. The standard InChI is InChI=1S/C80H114N8S4/c1-5-9-13-17-21-25-29-33-37-41-53-89-61-45-49-65-69(57-61)77-82-73(65)81-74-66-50-46-62(90-54-42-38-34-30-26-22-18-14-10-6-2)58-70(66)78(83-74)85-76-68-52-48-64(92-56-44-40-36-32-28-24-20-16-12-8-4)60-72(68)80(87-76)88-79-71-59-63(47-51-67(71)75(84-77)86-79)91-55-43-39-35-31-27-23-19-15-11-7-3/h45-52,57-60H,5-44,53-56H2,1-4H3,(H2,81,82,83,84,85,86,87,88). The predicted octanol–water partition coefficient (Wildman–Crippen LogP) is 26.9. The van der Waals surface area contributed by atoms with E-state index >= 15 is 0 Å². The molecule has 3 aromatic heterocycles. The molecule has 2 aliphatic heterocycles. The topological polar surface area (TPSA) is 109 Å². The molecular weight excluding hydrogens is 1200 g/mol. The maximum Gasteiger partial charge on any atom is 0.164 e. The lowest BCUT2D eigenvalue weighted by Gasteiger charge is -2.05. The molecule has 9 rings (SSSR count).